The molecule has 118 valence electrons. The minimum absolute atomic E-state index is 0.0109. The van der Waals surface area contributed by atoms with Crippen LogP contribution in [0.2, 0.25) is 0 Å². The molecule has 1 atom stereocenters. The van der Waals surface area contributed by atoms with Crippen LogP contribution in [0, 0.1) is 5.92 Å². The molecule has 0 N–H and O–H groups in total. The molecule has 1 aromatic heterocycles. The second kappa shape index (κ2) is 7.54. The van der Waals surface area contributed by atoms with E-state index in [9.17, 15) is 8.42 Å². The van der Waals surface area contributed by atoms with Crippen LogP contribution in [-0.2, 0) is 16.6 Å². The fraction of sp³-hybridized carbons (Fsp3) is 0.643. The van der Waals surface area contributed by atoms with Crippen molar-refractivity contribution in [3.63, 3.8) is 0 Å². The van der Waals surface area contributed by atoms with Gasteiger partial charge in [-0.05, 0) is 18.1 Å². The van der Waals surface area contributed by atoms with E-state index in [1.54, 1.807) is 10.5 Å². The molecule has 1 aliphatic rings. The number of sulfonamides is 1. The minimum Gasteiger partial charge on any atom is -0.295 e. The van der Waals surface area contributed by atoms with Crippen molar-refractivity contribution in [1.82, 2.24) is 14.2 Å². The molecular formula is C14H22ClN3O2S. The molecule has 0 saturated carbocycles. The van der Waals surface area contributed by atoms with Crippen molar-refractivity contribution >= 4 is 21.6 Å². The first kappa shape index (κ1) is 16.7. The van der Waals surface area contributed by atoms with Crippen LogP contribution in [0.3, 0.4) is 0 Å². The van der Waals surface area contributed by atoms with Crippen molar-refractivity contribution in [3.8, 4) is 0 Å². The molecule has 0 spiro atoms. The highest BCUT2D eigenvalue weighted by Crippen LogP contribution is 2.13. The lowest BCUT2D eigenvalue weighted by Gasteiger charge is -2.34. The first-order chi connectivity index (χ1) is 10.0. The lowest BCUT2D eigenvalue weighted by atomic mass is 10.3. The summed E-state index contributed by atoms with van der Waals surface area (Å²) in [5.41, 5.74) is 1.02. The molecule has 2 rings (SSSR count). The van der Waals surface area contributed by atoms with E-state index in [0.29, 0.717) is 19.0 Å². The Kier molecular flexibility index (Phi) is 5.98. The molecule has 0 radical (unpaired) electrons. The van der Waals surface area contributed by atoms with Gasteiger partial charge in [0.1, 0.15) is 0 Å². The van der Waals surface area contributed by atoms with E-state index >= 15 is 0 Å². The number of rotatable bonds is 6. The second-order valence-electron chi connectivity index (χ2n) is 5.53. The summed E-state index contributed by atoms with van der Waals surface area (Å²) in [4.78, 5) is 6.54. The van der Waals surface area contributed by atoms with Gasteiger partial charge in [-0.15, -0.1) is 11.6 Å². The average molecular weight is 332 g/mol. The van der Waals surface area contributed by atoms with Gasteiger partial charge in [-0.2, -0.15) is 4.31 Å². The molecule has 1 unspecified atom stereocenters. The van der Waals surface area contributed by atoms with Gasteiger partial charge < -0.3 is 0 Å². The number of aromatic nitrogens is 1. The van der Waals surface area contributed by atoms with Crippen molar-refractivity contribution in [2.45, 2.75) is 13.5 Å². The summed E-state index contributed by atoms with van der Waals surface area (Å²) in [6, 6.07) is 5.86. The van der Waals surface area contributed by atoms with Crippen LogP contribution in [-0.4, -0.2) is 60.4 Å². The number of hydrogen-bond donors (Lipinski definition) is 0. The molecule has 1 aliphatic heterocycles. The summed E-state index contributed by atoms with van der Waals surface area (Å²) in [5, 5.41) is 0. The molecule has 5 nitrogen and oxygen atoms in total. The van der Waals surface area contributed by atoms with Crippen molar-refractivity contribution < 1.29 is 8.42 Å². The molecule has 0 amide bonds. The highest BCUT2D eigenvalue weighted by atomic mass is 35.5. The van der Waals surface area contributed by atoms with Crippen molar-refractivity contribution in [3.05, 3.63) is 30.1 Å². The molecule has 1 fully saturated rings. The fourth-order valence-electron chi connectivity index (χ4n) is 2.40. The quantitative estimate of drug-likeness (QED) is 0.739. The zero-order valence-corrected chi connectivity index (χ0v) is 13.9. The van der Waals surface area contributed by atoms with Gasteiger partial charge in [-0.25, -0.2) is 8.42 Å². The van der Waals surface area contributed by atoms with E-state index in [1.165, 1.54) is 0 Å². The van der Waals surface area contributed by atoms with Gasteiger partial charge in [0, 0.05) is 44.8 Å². The smallest absolute Gasteiger partial charge is 0.214 e. The predicted molar refractivity (Wildman–Crippen MR) is 84.8 cm³/mol. The van der Waals surface area contributed by atoms with Crippen LogP contribution in [0.4, 0.5) is 0 Å². The third kappa shape index (κ3) is 4.92. The number of alkyl halides is 1. The molecule has 0 bridgehead atoms. The maximum Gasteiger partial charge on any atom is 0.214 e. The largest absolute Gasteiger partial charge is 0.295 e. The highest BCUT2D eigenvalue weighted by Gasteiger charge is 2.28. The molecular weight excluding hydrogens is 310 g/mol. The van der Waals surface area contributed by atoms with Crippen LogP contribution in [0.15, 0.2) is 24.4 Å². The number of pyridine rings is 1. The van der Waals surface area contributed by atoms with Gasteiger partial charge in [0.25, 0.3) is 0 Å². The summed E-state index contributed by atoms with van der Waals surface area (Å²) in [7, 11) is -3.18. The van der Waals surface area contributed by atoms with Crippen LogP contribution in [0.25, 0.3) is 0 Å². The Morgan fingerprint density at radius 3 is 2.57 bits per heavy atom. The van der Waals surface area contributed by atoms with Gasteiger partial charge >= 0.3 is 0 Å². The fourth-order valence-corrected chi connectivity index (χ4v) is 4.40. The number of halogens is 1. The van der Waals surface area contributed by atoms with Gasteiger partial charge in [0.15, 0.2) is 0 Å². The Bertz CT molecular complexity index is 530. The summed E-state index contributed by atoms with van der Waals surface area (Å²) < 4.78 is 26.1. The average Bonchev–Trinajstić information content (AvgIpc) is 2.48. The molecule has 0 aliphatic carbocycles. The monoisotopic (exact) mass is 331 g/mol. The van der Waals surface area contributed by atoms with E-state index in [2.05, 4.69) is 9.88 Å². The maximum absolute atomic E-state index is 12.3. The Morgan fingerprint density at radius 1 is 1.29 bits per heavy atom. The van der Waals surface area contributed by atoms with E-state index in [0.717, 1.165) is 25.3 Å². The van der Waals surface area contributed by atoms with Crippen LogP contribution in [0.1, 0.15) is 12.6 Å². The summed E-state index contributed by atoms with van der Waals surface area (Å²) >= 11 is 5.71. The van der Waals surface area contributed by atoms with Gasteiger partial charge in [-0.3, -0.25) is 9.88 Å². The van der Waals surface area contributed by atoms with Crippen LogP contribution < -0.4 is 0 Å². The molecule has 7 heteroatoms. The van der Waals surface area contributed by atoms with Gasteiger partial charge in [-0.1, -0.05) is 13.0 Å². The SMILES string of the molecule is CC(CCl)CS(=O)(=O)N1CCN(Cc2ccccn2)CC1. The summed E-state index contributed by atoms with van der Waals surface area (Å²) in [6.45, 7) is 5.21. The zero-order chi connectivity index (χ0) is 15.3. The third-order valence-corrected chi connectivity index (χ3v) is 6.26. The van der Waals surface area contributed by atoms with Crippen molar-refractivity contribution in [2.75, 3.05) is 37.8 Å². The van der Waals surface area contributed by atoms with Crippen molar-refractivity contribution in [1.29, 1.82) is 0 Å². The Hall–Kier alpha value is -0.690. The summed E-state index contributed by atoms with van der Waals surface area (Å²) in [6.07, 6.45) is 1.78. The molecule has 0 aromatic carbocycles. The highest BCUT2D eigenvalue weighted by molar-refractivity contribution is 7.89. The second-order valence-corrected chi connectivity index (χ2v) is 7.86. The lowest BCUT2D eigenvalue weighted by Crippen LogP contribution is -2.49. The normalized spacial score (nSPS) is 19.5. The maximum atomic E-state index is 12.3. The van der Waals surface area contributed by atoms with E-state index < -0.39 is 10.0 Å². The van der Waals surface area contributed by atoms with Crippen LogP contribution in [0.5, 0.6) is 0 Å². The van der Waals surface area contributed by atoms with Gasteiger partial charge in [0.2, 0.25) is 10.0 Å². The molecule has 21 heavy (non-hydrogen) atoms. The standard InChI is InChI=1S/C14H22ClN3O2S/c1-13(10-15)12-21(19,20)18-8-6-17(7-9-18)11-14-4-2-3-5-16-14/h2-5,13H,6-12H2,1H3. The molecule has 2 heterocycles. The van der Waals surface area contributed by atoms with Gasteiger partial charge in [0.05, 0.1) is 11.4 Å². The molecule has 1 aromatic rings. The first-order valence-electron chi connectivity index (χ1n) is 7.17. The van der Waals surface area contributed by atoms with Crippen molar-refractivity contribution in [2.24, 2.45) is 5.92 Å². The lowest BCUT2D eigenvalue weighted by molar-refractivity contribution is 0.179. The Labute approximate surface area is 132 Å². The minimum atomic E-state index is -3.18. The van der Waals surface area contributed by atoms with Crippen LogP contribution >= 0.6 is 11.6 Å². The first-order valence-corrected chi connectivity index (χ1v) is 9.31. The Morgan fingerprint density at radius 2 is 2.00 bits per heavy atom. The third-order valence-electron chi connectivity index (χ3n) is 3.59. The zero-order valence-electron chi connectivity index (χ0n) is 12.3. The Balaban J connectivity index is 1.85. The number of piperazine rings is 1. The number of nitrogens with zero attached hydrogens (tertiary/aromatic N) is 3. The molecule has 1 saturated heterocycles. The summed E-state index contributed by atoms with van der Waals surface area (Å²) in [5.74, 6) is 0.499. The van der Waals surface area contributed by atoms with E-state index in [4.69, 9.17) is 11.6 Å². The van der Waals surface area contributed by atoms with E-state index in [-0.39, 0.29) is 11.7 Å². The number of hydrogen-bond acceptors (Lipinski definition) is 4. The predicted octanol–water partition coefficient (Wildman–Crippen LogP) is 1.40. The van der Waals surface area contributed by atoms with E-state index in [1.807, 2.05) is 25.1 Å². The topological polar surface area (TPSA) is 53.5 Å².